The van der Waals surface area contributed by atoms with Crippen molar-refractivity contribution in [2.45, 2.75) is 71.1 Å². The molecule has 2 aliphatic rings. The lowest BCUT2D eigenvalue weighted by molar-refractivity contribution is -0.101. The zero-order chi connectivity index (χ0) is 11.8. The van der Waals surface area contributed by atoms with Crippen molar-refractivity contribution in [2.24, 2.45) is 11.3 Å². The Kier molecular flexibility index (Phi) is 3.60. The van der Waals surface area contributed by atoms with Gasteiger partial charge < -0.3 is 10.1 Å². The third-order valence-corrected chi connectivity index (χ3v) is 4.84. The molecule has 0 aromatic rings. The van der Waals surface area contributed by atoms with Gasteiger partial charge in [0.1, 0.15) is 0 Å². The minimum absolute atomic E-state index is 0.315. The fraction of sp³-hybridized carbons (Fsp3) is 1.00. The van der Waals surface area contributed by atoms with E-state index in [1.807, 2.05) is 7.11 Å². The van der Waals surface area contributed by atoms with Crippen molar-refractivity contribution in [3.05, 3.63) is 0 Å². The lowest BCUT2D eigenvalue weighted by Crippen LogP contribution is -2.62. The Morgan fingerprint density at radius 1 is 1.19 bits per heavy atom. The zero-order valence-electron chi connectivity index (χ0n) is 11.3. The van der Waals surface area contributed by atoms with Gasteiger partial charge in [-0.2, -0.15) is 0 Å². The van der Waals surface area contributed by atoms with Crippen molar-refractivity contribution in [3.8, 4) is 0 Å². The van der Waals surface area contributed by atoms with Crippen LogP contribution in [0.15, 0.2) is 0 Å². The molecule has 2 fully saturated rings. The molecule has 4 unspecified atom stereocenters. The Balaban J connectivity index is 1.82. The topological polar surface area (TPSA) is 21.3 Å². The molecular formula is C14H27NO. The molecule has 0 saturated heterocycles. The van der Waals surface area contributed by atoms with Crippen molar-refractivity contribution in [1.82, 2.24) is 5.32 Å². The molecule has 4 atom stereocenters. The van der Waals surface area contributed by atoms with Crippen molar-refractivity contribution in [2.75, 3.05) is 7.11 Å². The number of hydrogen-bond donors (Lipinski definition) is 1. The maximum atomic E-state index is 5.50. The average molecular weight is 225 g/mol. The van der Waals surface area contributed by atoms with Crippen LogP contribution in [0.4, 0.5) is 0 Å². The number of methoxy groups -OCH3 is 1. The molecule has 2 heteroatoms. The van der Waals surface area contributed by atoms with Gasteiger partial charge >= 0.3 is 0 Å². The second-order valence-corrected chi connectivity index (χ2v) is 6.47. The van der Waals surface area contributed by atoms with Crippen LogP contribution < -0.4 is 5.32 Å². The maximum absolute atomic E-state index is 5.50. The molecule has 0 heterocycles. The predicted molar refractivity (Wildman–Crippen MR) is 67.5 cm³/mol. The van der Waals surface area contributed by atoms with Crippen molar-refractivity contribution in [1.29, 1.82) is 0 Å². The summed E-state index contributed by atoms with van der Waals surface area (Å²) >= 11 is 0. The van der Waals surface area contributed by atoms with Crippen LogP contribution in [-0.2, 0) is 4.74 Å². The standard InChI is InChI=1S/C14H27NO/c1-10-6-5-7-11(8-10)15-12-9-13(16-4)14(12,2)3/h10-13,15H,5-9H2,1-4H3. The molecule has 2 aliphatic carbocycles. The predicted octanol–water partition coefficient (Wildman–Crippen LogP) is 2.97. The molecular weight excluding hydrogens is 198 g/mol. The molecule has 0 bridgehead atoms. The van der Waals surface area contributed by atoms with Crippen molar-refractivity contribution in [3.63, 3.8) is 0 Å². The van der Waals surface area contributed by atoms with E-state index >= 15 is 0 Å². The summed E-state index contributed by atoms with van der Waals surface area (Å²) in [5, 5.41) is 3.86. The normalized spacial score (nSPS) is 42.8. The van der Waals surface area contributed by atoms with E-state index < -0.39 is 0 Å². The summed E-state index contributed by atoms with van der Waals surface area (Å²) in [6.45, 7) is 7.04. The first-order chi connectivity index (χ1) is 7.54. The van der Waals surface area contributed by atoms with Crippen LogP contribution in [0, 0.1) is 11.3 Å². The van der Waals surface area contributed by atoms with Gasteiger partial charge in [-0.05, 0) is 25.2 Å². The SMILES string of the molecule is COC1CC(NC2CCCC(C)C2)C1(C)C. The molecule has 0 aliphatic heterocycles. The van der Waals surface area contributed by atoms with Gasteiger partial charge in [0, 0.05) is 24.6 Å². The third-order valence-electron chi connectivity index (χ3n) is 4.84. The summed E-state index contributed by atoms with van der Waals surface area (Å²) in [6, 6.07) is 1.42. The summed E-state index contributed by atoms with van der Waals surface area (Å²) in [5.41, 5.74) is 0.315. The highest BCUT2D eigenvalue weighted by molar-refractivity contribution is 5.03. The lowest BCUT2D eigenvalue weighted by atomic mass is 9.64. The minimum Gasteiger partial charge on any atom is -0.381 e. The summed E-state index contributed by atoms with van der Waals surface area (Å²) < 4.78 is 5.50. The highest BCUT2D eigenvalue weighted by atomic mass is 16.5. The largest absolute Gasteiger partial charge is 0.381 e. The number of nitrogens with one attached hydrogen (secondary N) is 1. The molecule has 2 rings (SSSR count). The van der Waals surface area contributed by atoms with Crippen LogP contribution in [0.25, 0.3) is 0 Å². The number of hydrogen-bond acceptors (Lipinski definition) is 2. The smallest absolute Gasteiger partial charge is 0.0652 e. The second-order valence-electron chi connectivity index (χ2n) is 6.47. The average Bonchev–Trinajstić information content (AvgIpc) is 2.23. The zero-order valence-corrected chi connectivity index (χ0v) is 11.3. The van der Waals surface area contributed by atoms with Gasteiger partial charge in [0.2, 0.25) is 0 Å². The van der Waals surface area contributed by atoms with E-state index in [4.69, 9.17) is 4.74 Å². The van der Waals surface area contributed by atoms with Crippen LogP contribution >= 0.6 is 0 Å². The number of rotatable bonds is 3. The van der Waals surface area contributed by atoms with Gasteiger partial charge in [0.15, 0.2) is 0 Å². The maximum Gasteiger partial charge on any atom is 0.0652 e. The van der Waals surface area contributed by atoms with Crippen molar-refractivity contribution >= 4 is 0 Å². The molecule has 0 aromatic heterocycles. The molecule has 0 spiro atoms. The van der Waals surface area contributed by atoms with Crippen LogP contribution in [0.2, 0.25) is 0 Å². The van der Waals surface area contributed by atoms with Gasteiger partial charge in [0.05, 0.1) is 6.10 Å². The van der Waals surface area contributed by atoms with Crippen LogP contribution in [0.1, 0.15) is 52.9 Å². The Morgan fingerprint density at radius 2 is 1.94 bits per heavy atom. The minimum atomic E-state index is 0.315. The monoisotopic (exact) mass is 225 g/mol. The molecule has 2 nitrogen and oxygen atoms in total. The first-order valence-corrected chi connectivity index (χ1v) is 6.83. The Labute approximate surface area is 100 Å². The summed E-state index contributed by atoms with van der Waals surface area (Å²) in [4.78, 5) is 0. The van der Waals surface area contributed by atoms with Gasteiger partial charge in [0.25, 0.3) is 0 Å². The first-order valence-electron chi connectivity index (χ1n) is 6.83. The van der Waals surface area contributed by atoms with E-state index in [9.17, 15) is 0 Å². The van der Waals surface area contributed by atoms with E-state index in [1.54, 1.807) is 0 Å². The van der Waals surface area contributed by atoms with Crippen LogP contribution in [0.3, 0.4) is 0 Å². The van der Waals surface area contributed by atoms with E-state index in [1.165, 1.54) is 32.1 Å². The Morgan fingerprint density at radius 3 is 2.50 bits per heavy atom. The molecule has 2 saturated carbocycles. The third kappa shape index (κ3) is 2.28. The van der Waals surface area contributed by atoms with E-state index in [-0.39, 0.29) is 0 Å². The first kappa shape index (κ1) is 12.4. The molecule has 16 heavy (non-hydrogen) atoms. The Bertz CT molecular complexity index is 239. The molecule has 0 amide bonds. The number of ether oxygens (including phenoxy) is 1. The highest BCUT2D eigenvalue weighted by Gasteiger charge is 2.49. The lowest BCUT2D eigenvalue weighted by Gasteiger charge is -2.53. The fourth-order valence-electron chi connectivity index (χ4n) is 3.44. The van der Waals surface area contributed by atoms with Crippen LogP contribution in [-0.4, -0.2) is 25.3 Å². The van der Waals surface area contributed by atoms with E-state index in [2.05, 4.69) is 26.1 Å². The quantitative estimate of drug-likeness (QED) is 0.797. The highest BCUT2D eigenvalue weighted by Crippen LogP contribution is 2.43. The van der Waals surface area contributed by atoms with E-state index in [0.717, 1.165) is 12.0 Å². The van der Waals surface area contributed by atoms with Crippen molar-refractivity contribution < 1.29 is 4.74 Å². The Hall–Kier alpha value is -0.0800. The van der Waals surface area contributed by atoms with Gasteiger partial charge in [-0.15, -0.1) is 0 Å². The molecule has 94 valence electrons. The van der Waals surface area contributed by atoms with E-state index in [0.29, 0.717) is 17.6 Å². The van der Waals surface area contributed by atoms with Gasteiger partial charge in [-0.25, -0.2) is 0 Å². The molecule has 0 aromatic carbocycles. The van der Waals surface area contributed by atoms with Crippen LogP contribution in [0.5, 0.6) is 0 Å². The second kappa shape index (κ2) is 4.66. The summed E-state index contributed by atoms with van der Waals surface area (Å²) in [5.74, 6) is 0.910. The van der Waals surface area contributed by atoms with Gasteiger partial charge in [-0.3, -0.25) is 0 Å². The van der Waals surface area contributed by atoms with Gasteiger partial charge in [-0.1, -0.05) is 33.6 Å². The summed E-state index contributed by atoms with van der Waals surface area (Å²) in [7, 11) is 1.84. The summed E-state index contributed by atoms with van der Waals surface area (Å²) in [6.07, 6.45) is 7.20. The molecule has 0 radical (unpaired) electrons. The fourth-order valence-corrected chi connectivity index (χ4v) is 3.44. The molecule has 1 N–H and O–H groups in total.